The molecule has 1 fully saturated rings. The molecule has 0 spiro atoms. The van der Waals surface area contributed by atoms with Crippen molar-refractivity contribution < 1.29 is 19.2 Å². The lowest BCUT2D eigenvalue weighted by Gasteiger charge is -2.37. The van der Waals surface area contributed by atoms with Gasteiger partial charge in [-0.15, -0.1) is 0 Å². The first-order valence-electron chi connectivity index (χ1n) is 13.8. The van der Waals surface area contributed by atoms with Crippen molar-refractivity contribution in [2.45, 2.75) is 78.8 Å². The second-order valence-corrected chi connectivity index (χ2v) is 11.8. The smallest absolute Gasteiger partial charge is 0.319 e. The third-order valence-electron chi connectivity index (χ3n) is 6.53. The Morgan fingerprint density at radius 3 is 2.23 bits per heavy atom. The number of carbonyl (C=O) groups is 4. The molecule has 1 aliphatic carbocycles. The first-order valence-corrected chi connectivity index (χ1v) is 13.8. The molecule has 2 aliphatic rings. The Bertz CT molecular complexity index is 1160. The maximum atomic E-state index is 13.5. The number of ketones is 1. The van der Waals surface area contributed by atoms with Gasteiger partial charge in [-0.3, -0.25) is 9.59 Å². The molecular weight excluding hydrogens is 492 g/mol. The van der Waals surface area contributed by atoms with Crippen LogP contribution in [-0.2, 0) is 9.59 Å². The average Bonchev–Trinajstić information content (AvgIpc) is 2.99. The lowest BCUT2D eigenvalue weighted by atomic mass is 9.93. The van der Waals surface area contributed by atoms with E-state index in [1.54, 1.807) is 24.3 Å². The maximum absolute atomic E-state index is 13.5. The van der Waals surface area contributed by atoms with Crippen molar-refractivity contribution in [1.29, 1.82) is 0 Å². The second kappa shape index (κ2) is 13.4. The highest BCUT2D eigenvalue weighted by Crippen LogP contribution is 2.37. The van der Waals surface area contributed by atoms with Crippen LogP contribution in [0.1, 0.15) is 77.1 Å². The minimum absolute atomic E-state index is 0.0885. The van der Waals surface area contributed by atoms with Gasteiger partial charge in [-0.05, 0) is 49.4 Å². The van der Waals surface area contributed by atoms with Gasteiger partial charge in [-0.25, -0.2) is 4.79 Å². The van der Waals surface area contributed by atoms with Gasteiger partial charge >= 0.3 is 6.03 Å². The van der Waals surface area contributed by atoms with E-state index < -0.39 is 12.1 Å². The third-order valence-corrected chi connectivity index (χ3v) is 6.53. The van der Waals surface area contributed by atoms with Crippen LogP contribution in [0.25, 0.3) is 0 Å². The molecule has 8 nitrogen and oxygen atoms in total. The van der Waals surface area contributed by atoms with Crippen molar-refractivity contribution in [1.82, 2.24) is 5.32 Å². The predicted octanol–water partition coefficient (Wildman–Crippen LogP) is 5.82. The Balaban J connectivity index is 0.000000771. The van der Waals surface area contributed by atoms with Crippen LogP contribution in [0.15, 0.2) is 48.5 Å². The fourth-order valence-electron chi connectivity index (χ4n) is 4.87. The number of para-hydroxylation sites is 2. The molecule has 4 rings (SSSR count). The van der Waals surface area contributed by atoms with E-state index in [-0.39, 0.29) is 24.3 Å². The molecule has 8 heteroatoms. The fraction of sp³-hybridized carbons (Fsp3) is 0.484. The summed E-state index contributed by atoms with van der Waals surface area (Å²) in [5.41, 5.74) is 3.04. The van der Waals surface area contributed by atoms with Crippen molar-refractivity contribution in [2.75, 3.05) is 28.2 Å². The number of urea groups is 1. The van der Waals surface area contributed by atoms with E-state index in [4.69, 9.17) is 0 Å². The molecule has 0 saturated heterocycles. The zero-order valence-corrected chi connectivity index (χ0v) is 23.8. The van der Waals surface area contributed by atoms with Crippen molar-refractivity contribution in [3.63, 3.8) is 0 Å². The number of nitrogens with zero attached hydrogens (tertiary/aromatic N) is 2. The molecule has 1 saturated carbocycles. The lowest BCUT2D eigenvalue weighted by Crippen LogP contribution is -2.54. The summed E-state index contributed by atoms with van der Waals surface area (Å²) in [7, 11) is 0. The van der Waals surface area contributed by atoms with Crippen molar-refractivity contribution in [2.24, 2.45) is 5.41 Å². The fourth-order valence-corrected chi connectivity index (χ4v) is 4.87. The highest BCUT2D eigenvalue weighted by Gasteiger charge is 2.37. The largest absolute Gasteiger partial charge is 0.364 e. The van der Waals surface area contributed by atoms with Crippen LogP contribution < -0.4 is 20.4 Å². The van der Waals surface area contributed by atoms with E-state index in [1.165, 1.54) is 18.2 Å². The molecule has 2 aromatic rings. The van der Waals surface area contributed by atoms with Gasteiger partial charge in [-0.2, -0.15) is 0 Å². The van der Waals surface area contributed by atoms with Gasteiger partial charge in [0.05, 0.1) is 17.9 Å². The molecule has 1 aliphatic heterocycles. The van der Waals surface area contributed by atoms with E-state index in [1.807, 2.05) is 24.3 Å². The summed E-state index contributed by atoms with van der Waals surface area (Å²) < 4.78 is 0. The number of fused-ring (bicyclic) bond motifs is 1. The number of carbonyl (C=O) groups excluding carboxylic acids is 4. The Morgan fingerprint density at radius 2 is 1.62 bits per heavy atom. The van der Waals surface area contributed by atoms with Crippen molar-refractivity contribution >= 4 is 41.1 Å². The molecule has 210 valence electrons. The summed E-state index contributed by atoms with van der Waals surface area (Å²) in [6.07, 6.45) is 6.20. The molecule has 2 aromatic carbocycles. The van der Waals surface area contributed by atoms with Crippen LogP contribution in [0.3, 0.4) is 0 Å². The molecule has 0 radical (unpaired) electrons. The number of benzene rings is 2. The quantitative estimate of drug-likeness (QED) is 0.360. The molecule has 39 heavy (non-hydrogen) atoms. The maximum Gasteiger partial charge on any atom is 0.319 e. The van der Waals surface area contributed by atoms with Crippen molar-refractivity contribution in [3.05, 3.63) is 54.1 Å². The van der Waals surface area contributed by atoms with Gasteiger partial charge < -0.3 is 25.2 Å². The topological polar surface area (TPSA) is 98.8 Å². The van der Waals surface area contributed by atoms with Gasteiger partial charge in [-0.1, -0.05) is 71.2 Å². The van der Waals surface area contributed by atoms with Gasteiger partial charge in [0.25, 0.3) is 5.91 Å². The van der Waals surface area contributed by atoms with Crippen LogP contribution in [0, 0.1) is 5.41 Å². The zero-order chi connectivity index (χ0) is 28.6. The Hall–Kier alpha value is -3.68. The van der Waals surface area contributed by atoms with Crippen LogP contribution >= 0.6 is 0 Å². The minimum Gasteiger partial charge on any atom is -0.364 e. The zero-order valence-electron chi connectivity index (χ0n) is 23.8. The number of Topliss-reactive ketones (excluding diaryl/α,β-unsaturated/α-hetero) is 1. The molecule has 2 N–H and O–H groups in total. The molecule has 0 bridgehead atoms. The van der Waals surface area contributed by atoms with Crippen LogP contribution in [0.5, 0.6) is 0 Å². The van der Waals surface area contributed by atoms with E-state index in [2.05, 4.69) is 43.2 Å². The monoisotopic (exact) mass is 534 g/mol. The van der Waals surface area contributed by atoms with E-state index in [0.29, 0.717) is 35.2 Å². The first kappa shape index (κ1) is 29.9. The molecule has 1 heterocycles. The van der Waals surface area contributed by atoms with E-state index in [0.717, 1.165) is 31.4 Å². The lowest BCUT2D eigenvalue weighted by molar-refractivity contribution is -0.121. The van der Waals surface area contributed by atoms with Crippen LogP contribution in [0.4, 0.5) is 21.9 Å². The summed E-state index contributed by atoms with van der Waals surface area (Å²) in [6, 6.07) is 13.1. The summed E-state index contributed by atoms with van der Waals surface area (Å²) >= 11 is 0. The molecule has 1 atom stereocenters. The van der Waals surface area contributed by atoms with Gasteiger partial charge in [0.15, 0.2) is 5.78 Å². The first-order chi connectivity index (χ1) is 18.5. The van der Waals surface area contributed by atoms with Gasteiger partial charge in [0.2, 0.25) is 0 Å². The van der Waals surface area contributed by atoms with E-state index in [9.17, 15) is 19.2 Å². The molecule has 3 amide bonds. The number of nitrogens with one attached hydrogen (secondary N) is 2. The number of rotatable bonds is 6. The van der Waals surface area contributed by atoms with Crippen LogP contribution in [0.2, 0.25) is 0 Å². The molecule has 0 aromatic heterocycles. The third kappa shape index (κ3) is 8.67. The number of hydrogen-bond acceptors (Lipinski definition) is 5. The Kier molecular flexibility index (Phi) is 10.3. The van der Waals surface area contributed by atoms with Crippen LogP contribution in [-0.4, -0.2) is 49.2 Å². The van der Waals surface area contributed by atoms with Gasteiger partial charge in [0.1, 0.15) is 12.3 Å². The minimum atomic E-state index is -0.842. The van der Waals surface area contributed by atoms with Gasteiger partial charge in [0, 0.05) is 23.8 Å². The molecular formula is C31H42N4O4. The summed E-state index contributed by atoms with van der Waals surface area (Å²) in [5, 5.41) is 5.54. The number of aldehydes is 1. The standard InChI is InChI=1S/C26H30N4O4.C5H12/c1-18(32)19-8-7-9-20(16-19)27-26(34)28-22-17-30(21-10-3-2-4-11-21)24-13-6-5-12-23(24)29(14-15-31)25(22)33;1-5(2,3)4/h5-9,12-13,15-16,21-22H,2-4,10-11,14,17H2,1H3,(H2,27,28,34);1-4H3. The summed E-state index contributed by atoms with van der Waals surface area (Å²) in [4.78, 5) is 53.2. The normalized spacial score (nSPS) is 17.8. The summed E-state index contributed by atoms with van der Waals surface area (Å²) in [6.45, 7) is 10.4. The highest BCUT2D eigenvalue weighted by molar-refractivity contribution is 6.06. The second-order valence-electron chi connectivity index (χ2n) is 11.8. The summed E-state index contributed by atoms with van der Waals surface area (Å²) in [5.74, 6) is -0.432. The SMILES string of the molecule is CC(=O)c1cccc(NC(=O)NC2CN(C3CCCCC3)c3ccccc3N(CC=O)C2=O)c1.CC(C)(C)C. The van der Waals surface area contributed by atoms with E-state index >= 15 is 0 Å². The Morgan fingerprint density at radius 1 is 0.974 bits per heavy atom. The number of amides is 3. The number of anilines is 3. The average molecular weight is 535 g/mol. The highest BCUT2D eigenvalue weighted by atomic mass is 16.2. The predicted molar refractivity (Wildman–Crippen MR) is 157 cm³/mol. The number of hydrogen-bond donors (Lipinski definition) is 2. The Labute approximate surface area is 232 Å². The van der Waals surface area contributed by atoms with Crippen molar-refractivity contribution in [3.8, 4) is 0 Å². The molecule has 1 unspecified atom stereocenters.